The van der Waals surface area contributed by atoms with Crippen molar-refractivity contribution in [3.63, 3.8) is 0 Å². The summed E-state index contributed by atoms with van der Waals surface area (Å²) in [5, 5.41) is 1.22. The molecule has 6 aromatic rings. The number of pyridine rings is 3. The maximum Gasteiger partial charge on any atom is 0.416 e. The van der Waals surface area contributed by atoms with E-state index in [2.05, 4.69) is 9.97 Å². The highest BCUT2D eigenvalue weighted by atomic mass is 19.4. The summed E-state index contributed by atoms with van der Waals surface area (Å²) in [6.07, 6.45) is -0.714. The first kappa shape index (κ1) is 26.1. The molecule has 5 nitrogen and oxygen atoms in total. The average molecular weight is 550 g/mol. The second-order valence-corrected chi connectivity index (χ2v) is 9.77. The normalized spacial score (nSPS) is 11.7. The number of nitrogens with zero attached hydrogens (tertiary/aromatic N) is 3. The number of benzene rings is 3. The van der Waals surface area contributed by atoms with Gasteiger partial charge in [0.05, 0.1) is 16.6 Å². The molecule has 0 saturated carbocycles. The van der Waals surface area contributed by atoms with E-state index in [0.29, 0.717) is 33.9 Å². The molecule has 0 saturated heterocycles. The van der Waals surface area contributed by atoms with Gasteiger partial charge in [0.25, 0.3) is 5.56 Å². The van der Waals surface area contributed by atoms with Crippen LogP contribution in [0.1, 0.15) is 16.8 Å². The van der Waals surface area contributed by atoms with E-state index >= 15 is 0 Å². The van der Waals surface area contributed by atoms with Gasteiger partial charge in [-0.25, -0.2) is 0 Å². The predicted molar refractivity (Wildman–Crippen MR) is 152 cm³/mol. The van der Waals surface area contributed by atoms with Gasteiger partial charge in [0, 0.05) is 59.0 Å². The highest BCUT2D eigenvalue weighted by Gasteiger charge is 2.30. The number of carbonyl (C=O) groups excluding carboxylic acids is 1. The number of Topliss-reactive ketones (excluding diaryl/α,β-unsaturated/α-hetero) is 1. The second kappa shape index (κ2) is 10.5. The molecule has 41 heavy (non-hydrogen) atoms. The Morgan fingerprint density at radius 3 is 2.32 bits per heavy atom. The molecule has 0 fully saturated rings. The fraction of sp³-hybridized carbons (Fsp3) is 0.0909. The van der Waals surface area contributed by atoms with Gasteiger partial charge in [0.2, 0.25) is 0 Å². The molecule has 3 heterocycles. The van der Waals surface area contributed by atoms with Gasteiger partial charge in [0.15, 0.2) is 0 Å². The number of carbonyl (C=O) groups is 1. The van der Waals surface area contributed by atoms with Crippen LogP contribution in [0, 0.1) is 0 Å². The molecule has 3 aromatic heterocycles. The Hall–Kier alpha value is -5.11. The van der Waals surface area contributed by atoms with Crippen molar-refractivity contribution in [3.8, 4) is 16.8 Å². The van der Waals surface area contributed by atoms with Crippen LogP contribution in [0.15, 0.2) is 114 Å². The van der Waals surface area contributed by atoms with Crippen LogP contribution in [0.2, 0.25) is 0 Å². The molecule has 0 aliphatic heterocycles. The fourth-order valence-corrected chi connectivity index (χ4v) is 4.96. The lowest BCUT2D eigenvalue weighted by atomic mass is 10.0. The van der Waals surface area contributed by atoms with Crippen LogP contribution in [0.25, 0.3) is 38.6 Å². The zero-order valence-corrected chi connectivity index (χ0v) is 21.6. The van der Waals surface area contributed by atoms with Crippen molar-refractivity contribution in [1.82, 2.24) is 14.5 Å². The Bertz CT molecular complexity index is 1970. The lowest BCUT2D eigenvalue weighted by Crippen LogP contribution is -2.18. The second-order valence-electron chi connectivity index (χ2n) is 9.77. The number of halogens is 3. The van der Waals surface area contributed by atoms with Crippen LogP contribution in [0.4, 0.5) is 13.2 Å². The highest BCUT2D eigenvalue weighted by Crippen LogP contribution is 2.32. The summed E-state index contributed by atoms with van der Waals surface area (Å²) in [4.78, 5) is 34.6. The maximum absolute atomic E-state index is 13.5. The van der Waals surface area contributed by atoms with E-state index in [4.69, 9.17) is 0 Å². The molecule has 202 valence electrons. The summed E-state index contributed by atoms with van der Waals surface area (Å²) in [5.74, 6) is 0.0623. The first-order chi connectivity index (χ1) is 19.8. The van der Waals surface area contributed by atoms with Crippen LogP contribution in [-0.4, -0.2) is 20.3 Å². The van der Waals surface area contributed by atoms with Crippen LogP contribution in [0.3, 0.4) is 0 Å². The quantitative estimate of drug-likeness (QED) is 0.211. The Balaban J connectivity index is 1.39. The van der Waals surface area contributed by atoms with Crippen molar-refractivity contribution in [3.05, 3.63) is 137 Å². The molecule has 0 bridgehead atoms. The predicted octanol–water partition coefficient (Wildman–Crippen LogP) is 6.97. The summed E-state index contributed by atoms with van der Waals surface area (Å²) in [7, 11) is 0. The number of hydrogen-bond donors (Lipinski definition) is 0. The van der Waals surface area contributed by atoms with Crippen molar-refractivity contribution in [2.24, 2.45) is 0 Å². The van der Waals surface area contributed by atoms with E-state index in [1.165, 1.54) is 22.8 Å². The van der Waals surface area contributed by atoms with Gasteiger partial charge < -0.3 is 0 Å². The van der Waals surface area contributed by atoms with E-state index < -0.39 is 17.3 Å². The van der Waals surface area contributed by atoms with Gasteiger partial charge in [-0.3, -0.25) is 24.1 Å². The summed E-state index contributed by atoms with van der Waals surface area (Å²) in [5.41, 5.74) is 3.03. The lowest BCUT2D eigenvalue weighted by Gasteiger charge is -2.15. The number of hydrogen-bond acceptors (Lipinski definition) is 4. The van der Waals surface area contributed by atoms with Crippen LogP contribution < -0.4 is 5.56 Å². The molecule has 0 unspecified atom stereocenters. The van der Waals surface area contributed by atoms with Crippen LogP contribution >= 0.6 is 0 Å². The molecule has 6 rings (SSSR count). The van der Waals surface area contributed by atoms with Crippen molar-refractivity contribution < 1.29 is 18.0 Å². The SMILES string of the molecule is O=C(Cc1ccccc1)Cc1ccc(-c2ccc3ncc4ccc(=O)n(-c5cccc(C(F)(F)F)c5)c4c3c2)cn1. The van der Waals surface area contributed by atoms with Crippen LogP contribution in [-0.2, 0) is 23.8 Å². The maximum atomic E-state index is 13.5. The number of rotatable bonds is 6. The van der Waals surface area contributed by atoms with Crippen molar-refractivity contribution in [1.29, 1.82) is 0 Å². The minimum absolute atomic E-state index is 0.0623. The van der Waals surface area contributed by atoms with Gasteiger partial charge in [-0.1, -0.05) is 48.5 Å². The van der Waals surface area contributed by atoms with E-state index in [1.807, 2.05) is 54.6 Å². The largest absolute Gasteiger partial charge is 0.416 e. The van der Waals surface area contributed by atoms with E-state index in [-0.39, 0.29) is 17.9 Å². The minimum atomic E-state index is -4.55. The van der Waals surface area contributed by atoms with Gasteiger partial charge >= 0.3 is 6.18 Å². The molecular formula is C33H22F3N3O2. The summed E-state index contributed by atoms with van der Waals surface area (Å²) >= 11 is 0. The Labute approximate surface area is 232 Å². The van der Waals surface area contributed by atoms with E-state index in [9.17, 15) is 22.8 Å². The number of alkyl halides is 3. The van der Waals surface area contributed by atoms with Gasteiger partial charge in [0.1, 0.15) is 5.78 Å². The third kappa shape index (κ3) is 5.36. The molecule has 3 aromatic carbocycles. The summed E-state index contributed by atoms with van der Waals surface area (Å²) in [6.45, 7) is 0. The summed E-state index contributed by atoms with van der Waals surface area (Å²) in [6, 6.07) is 26.4. The lowest BCUT2D eigenvalue weighted by molar-refractivity contribution is -0.137. The van der Waals surface area contributed by atoms with Gasteiger partial charge in [-0.05, 0) is 53.6 Å². The zero-order chi connectivity index (χ0) is 28.6. The molecular weight excluding hydrogens is 527 g/mol. The molecule has 0 radical (unpaired) electrons. The fourth-order valence-electron chi connectivity index (χ4n) is 4.96. The first-order valence-electron chi connectivity index (χ1n) is 12.9. The molecule has 0 N–H and O–H groups in total. The smallest absolute Gasteiger partial charge is 0.299 e. The minimum Gasteiger partial charge on any atom is -0.299 e. The Kier molecular flexibility index (Phi) is 6.67. The average Bonchev–Trinajstić information content (AvgIpc) is 2.97. The van der Waals surface area contributed by atoms with Gasteiger partial charge in [-0.15, -0.1) is 0 Å². The molecule has 0 amide bonds. The van der Waals surface area contributed by atoms with E-state index in [1.54, 1.807) is 24.5 Å². The van der Waals surface area contributed by atoms with Crippen molar-refractivity contribution >= 4 is 27.6 Å². The first-order valence-corrected chi connectivity index (χ1v) is 12.9. The molecule has 0 aliphatic carbocycles. The van der Waals surface area contributed by atoms with E-state index in [0.717, 1.165) is 28.8 Å². The molecule has 0 atom stereocenters. The molecule has 0 spiro atoms. The highest BCUT2D eigenvalue weighted by molar-refractivity contribution is 6.05. The molecule has 0 aliphatic rings. The third-order valence-corrected chi connectivity index (χ3v) is 6.93. The standard InChI is InChI=1S/C33H22F3N3O2/c34-33(35,36)25-7-4-8-27(17-25)39-31(41)14-11-24-20-38-30-13-10-22(16-29(30)32(24)39)23-9-12-26(37-19-23)18-28(40)15-21-5-2-1-3-6-21/h1-14,16-17,19-20H,15,18H2. The number of fused-ring (bicyclic) bond motifs is 3. The third-order valence-electron chi connectivity index (χ3n) is 6.93. The van der Waals surface area contributed by atoms with Crippen molar-refractivity contribution in [2.75, 3.05) is 0 Å². The Morgan fingerprint density at radius 1 is 0.756 bits per heavy atom. The number of ketones is 1. The van der Waals surface area contributed by atoms with Gasteiger partial charge in [-0.2, -0.15) is 13.2 Å². The molecule has 8 heteroatoms. The summed E-state index contributed by atoms with van der Waals surface area (Å²) < 4.78 is 41.7. The zero-order valence-electron chi connectivity index (χ0n) is 21.6. The number of aromatic nitrogens is 3. The van der Waals surface area contributed by atoms with Crippen molar-refractivity contribution in [2.45, 2.75) is 19.0 Å². The van der Waals surface area contributed by atoms with Crippen LogP contribution in [0.5, 0.6) is 0 Å². The monoisotopic (exact) mass is 549 g/mol. The topological polar surface area (TPSA) is 64.8 Å². The Morgan fingerprint density at radius 2 is 1.56 bits per heavy atom.